The average Bonchev–Trinajstić information content (AvgIpc) is 2.57. The number of benzene rings is 2. The highest BCUT2D eigenvalue weighted by Gasteiger charge is 2.22. The fourth-order valence-electron chi connectivity index (χ4n) is 2.46. The first kappa shape index (κ1) is 20.4. The van der Waals surface area contributed by atoms with Gasteiger partial charge in [-0.25, -0.2) is 13.2 Å². The molecular formula is C19H22N2O5S. The highest BCUT2D eigenvalue weighted by atomic mass is 32.2. The molecule has 0 saturated heterocycles. The predicted octanol–water partition coefficient (Wildman–Crippen LogP) is 2.86. The number of amides is 1. The molecule has 2 aromatic carbocycles. The third-order valence-corrected chi connectivity index (χ3v) is 4.42. The Kier molecular flexibility index (Phi) is 6.22. The van der Waals surface area contributed by atoms with Crippen molar-refractivity contribution in [3.63, 3.8) is 0 Å². The third-order valence-electron chi connectivity index (χ3n) is 3.82. The number of rotatable bonds is 6. The Labute approximate surface area is 158 Å². The summed E-state index contributed by atoms with van der Waals surface area (Å²) in [5.41, 5.74) is 2.57. The molecule has 0 bridgehead atoms. The average molecular weight is 390 g/mol. The zero-order valence-corrected chi connectivity index (χ0v) is 16.4. The van der Waals surface area contributed by atoms with Crippen molar-refractivity contribution in [1.29, 1.82) is 0 Å². The highest BCUT2D eigenvalue weighted by molar-refractivity contribution is 7.92. The van der Waals surface area contributed by atoms with Gasteiger partial charge in [0.25, 0.3) is 5.91 Å². The van der Waals surface area contributed by atoms with Crippen molar-refractivity contribution in [3.05, 3.63) is 59.2 Å². The first-order valence-electron chi connectivity index (χ1n) is 8.23. The smallest absolute Gasteiger partial charge is 0.341 e. The lowest BCUT2D eigenvalue weighted by Gasteiger charge is -2.17. The van der Waals surface area contributed by atoms with Crippen LogP contribution < -0.4 is 10.0 Å². The molecule has 0 aliphatic carbocycles. The van der Waals surface area contributed by atoms with Gasteiger partial charge in [0.2, 0.25) is 10.0 Å². The van der Waals surface area contributed by atoms with E-state index < -0.39 is 28.0 Å². The Bertz CT molecular complexity index is 950. The standard InChI is InChI=1S/C19H22N2O5S/c1-12-8-7-9-13(2)17(12)20-18(22)14(3)26-19(23)15-10-5-6-11-16(15)21-27(4,24)25/h5-11,14,21H,1-4H3,(H,20,22)/t14-/m0/s1. The highest BCUT2D eigenvalue weighted by Crippen LogP contribution is 2.21. The number of para-hydroxylation sites is 2. The fourth-order valence-corrected chi connectivity index (χ4v) is 3.04. The van der Waals surface area contributed by atoms with E-state index in [4.69, 9.17) is 4.74 Å². The molecule has 0 aromatic heterocycles. The summed E-state index contributed by atoms with van der Waals surface area (Å²) in [5, 5.41) is 2.76. The van der Waals surface area contributed by atoms with Gasteiger partial charge in [-0.05, 0) is 44.0 Å². The van der Waals surface area contributed by atoms with Gasteiger partial charge in [-0.15, -0.1) is 0 Å². The molecule has 0 unspecified atom stereocenters. The second-order valence-corrected chi connectivity index (χ2v) is 7.97. The molecule has 1 atom stereocenters. The van der Waals surface area contributed by atoms with Crippen LogP contribution in [0.25, 0.3) is 0 Å². The van der Waals surface area contributed by atoms with Gasteiger partial charge in [0.15, 0.2) is 6.10 Å². The van der Waals surface area contributed by atoms with Crippen LogP contribution in [-0.2, 0) is 19.6 Å². The van der Waals surface area contributed by atoms with Gasteiger partial charge < -0.3 is 10.1 Å². The molecule has 2 aromatic rings. The minimum absolute atomic E-state index is 0.0228. The van der Waals surface area contributed by atoms with Crippen molar-refractivity contribution in [2.45, 2.75) is 26.9 Å². The number of hydrogen-bond acceptors (Lipinski definition) is 5. The van der Waals surface area contributed by atoms with Gasteiger partial charge >= 0.3 is 5.97 Å². The summed E-state index contributed by atoms with van der Waals surface area (Å²) in [6.07, 6.45) is -0.0850. The molecule has 0 fully saturated rings. The van der Waals surface area contributed by atoms with Crippen LogP contribution in [0.2, 0.25) is 0 Å². The molecule has 2 rings (SSSR count). The lowest BCUT2D eigenvalue weighted by molar-refractivity contribution is -0.123. The number of carbonyl (C=O) groups is 2. The van der Waals surface area contributed by atoms with Crippen LogP contribution in [0.15, 0.2) is 42.5 Å². The number of anilines is 2. The summed E-state index contributed by atoms with van der Waals surface area (Å²) in [7, 11) is -3.57. The van der Waals surface area contributed by atoms with Gasteiger partial charge in [0.1, 0.15) is 0 Å². The first-order chi connectivity index (χ1) is 12.6. The summed E-state index contributed by atoms with van der Waals surface area (Å²) in [4.78, 5) is 24.8. The molecule has 0 heterocycles. The summed E-state index contributed by atoms with van der Waals surface area (Å²) < 4.78 is 30.4. The van der Waals surface area contributed by atoms with E-state index in [9.17, 15) is 18.0 Å². The second-order valence-electron chi connectivity index (χ2n) is 6.22. The zero-order chi connectivity index (χ0) is 20.2. The monoisotopic (exact) mass is 390 g/mol. The van der Waals surface area contributed by atoms with Gasteiger partial charge in [-0.1, -0.05) is 30.3 Å². The van der Waals surface area contributed by atoms with E-state index in [-0.39, 0.29) is 11.3 Å². The predicted molar refractivity (Wildman–Crippen MR) is 104 cm³/mol. The summed E-state index contributed by atoms with van der Waals surface area (Å²) in [6, 6.07) is 11.6. The molecule has 0 saturated carbocycles. The van der Waals surface area contributed by atoms with Gasteiger partial charge in [-0.2, -0.15) is 0 Å². The van der Waals surface area contributed by atoms with E-state index in [0.29, 0.717) is 5.69 Å². The van der Waals surface area contributed by atoms with Crippen LogP contribution in [0.5, 0.6) is 0 Å². The van der Waals surface area contributed by atoms with Crippen molar-refractivity contribution >= 4 is 33.3 Å². The maximum Gasteiger partial charge on any atom is 0.341 e. The van der Waals surface area contributed by atoms with E-state index in [0.717, 1.165) is 17.4 Å². The van der Waals surface area contributed by atoms with Crippen LogP contribution in [-0.4, -0.2) is 32.7 Å². The molecule has 27 heavy (non-hydrogen) atoms. The summed E-state index contributed by atoms with van der Waals surface area (Å²) in [5.74, 6) is -1.28. The fraction of sp³-hybridized carbons (Fsp3) is 0.263. The molecule has 0 spiro atoms. The Hall–Kier alpha value is -2.87. The van der Waals surface area contributed by atoms with Crippen LogP contribution in [0.4, 0.5) is 11.4 Å². The molecule has 0 aliphatic rings. The van der Waals surface area contributed by atoms with Crippen LogP contribution in [0.3, 0.4) is 0 Å². The lowest BCUT2D eigenvalue weighted by Crippen LogP contribution is -2.30. The Morgan fingerprint density at radius 3 is 2.19 bits per heavy atom. The number of nitrogens with one attached hydrogen (secondary N) is 2. The van der Waals surface area contributed by atoms with E-state index in [1.54, 1.807) is 12.1 Å². The van der Waals surface area contributed by atoms with Crippen molar-refractivity contribution in [3.8, 4) is 0 Å². The zero-order valence-electron chi connectivity index (χ0n) is 15.6. The number of aryl methyl sites for hydroxylation is 2. The minimum Gasteiger partial charge on any atom is -0.449 e. The van der Waals surface area contributed by atoms with Gasteiger partial charge in [0, 0.05) is 5.69 Å². The van der Waals surface area contributed by atoms with Crippen LogP contribution in [0, 0.1) is 13.8 Å². The summed E-state index contributed by atoms with van der Waals surface area (Å²) in [6.45, 7) is 5.19. The molecular weight excluding hydrogens is 368 g/mol. The number of sulfonamides is 1. The van der Waals surface area contributed by atoms with Crippen molar-refractivity contribution < 1.29 is 22.7 Å². The van der Waals surface area contributed by atoms with Crippen LogP contribution in [0.1, 0.15) is 28.4 Å². The topological polar surface area (TPSA) is 102 Å². The third kappa shape index (κ3) is 5.55. The number of esters is 1. The van der Waals surface area contributed by atoms with E-state index in [2.05, 4.69) is 10.0 Å². The number of hydrogen-bond donors (Lipinski definition) is 2. The summed E-state index contributed by atoms with van der Waals surface area (Å²) >= 11 is 0. The first-order valence-corrected chi connectivity index (χ1v) is 10.1. The Morgan fingerprint density at radius 2 is 1.59 bits per heavy atom. The normalized spacial score (nSPS) is 12.1. The van der Waals surface area contributed by atoms with Crippen molar-refractivity contribution in [2.75, 3.05) is 16.3 Å². The molecule has 144 valence electrons. The molecule has 7 nitrogen and oxygen atoms in total. The molecule has 0 aliphatic heterocycles. The number of carbonyl (C=O) groups excluding carboxylic acids is 2. The Morgan fingerprint density at radius 1 is 1.00 bits per heavy atom. The molecule has 1 amide bonds. The number of ether oxygens (including phenoxy) is 1. The van der Waals surface area contributed by atoms with Crippen molar-refractivity contribution in [2.24, 2.45) is 0 Å². The molecule has 2 N–H and O–H groups in total. The van der Waals surface area contributed by atoms with E-state index in [1.165, 1.54) is 19.1 Å². The van der Waals surface area contributed by atoms with Gasteiger partial charge in [0.05, 0.1) is 17.5 Å². The molecule has 8 heteroatoms. The quantitative estimate of drug-likeness (QED) is 0.739. The van der Waals surface area contributed by atoms with Gasteiger partial charge in [-0.3, -0.25) is 9.52 Å². The SMILES string of the molecule is Cc1cccc(C)c1NC(=O)[C@H](C)OC(=O)c1ccccc1NS(C)(=O)=O. The maximum absolute atomic E-state index is 12.4. The Balaban J connectivity index is 2.13. The van der Waals surface area contributed by atoms with E-state index >= 15 is 0 Å². The molecule has 0 radical (unpaired) electrons. The van der Waals surface area contributed by atoms with Crippen LogP contribution >= 0.6 is 0 Å². The van der Waals surface area contributed by atoms with Crippen molar-refractivity contribution in [1.82, 2.24) is 0 Å². The van der Waals surface area contributed by atoms with E-state index in [1.807, 2.05) is 32.0 Å². The largest absolute Gasteiger partial charge is 0.449 e. The second kappa shape index (κ2) is 8.22. The minimum atomic E-state index is -3.57. The maximum atomic E-state index is 12.4. The lowest BCUT2D eigenvalue weighted by atomic mass is 10.1.